The highest BCUT2D eigenvalue weighted by atomic mass is 35.5. The number of rotatable bonds is 6. The molecule has 20 heavy (non-hydrogen) atoms. The van der Waals surface area contributed by atoms with Gasteiger partial charge in [-0.2, -0.15) is 0 Å². The molecule has 1 aromatic carbocycles. The van der Waals surface area contributed by atoms with Crippen molar-refractivity contribution in [3.63, 3.8) is 0 Å². The summed E-state index contributed by atoms with van der Waals surface area (Å²) in [6, 6.07) is 7.66. The zero-order valence-electron chi connectivity index (χ0n) is 11.6. The average molecular weight is 298 g/mol. The minimum absolute atomic E-state index is 0.0212. The van der Waals surface area contributed by atoms with E-state index in [1.54, 1.807) is 7.11 Å². The van der Waals surface area contributed by atoms with E-state index in [1.165, 1.54) is 0 Å². The number of amides is 1. The van der Waals surface area contributed by atoms with Crippen LogP contribution in [0.5, 0.6) is 5.75 Å². The van der Waals surface area contributed by atoms with Crippen LogP contribution in [0.25, 0.3) is 0 Å². The summed E-state index contributed by atoms with van der Waals surface area (Å²) >= 11 is 5.76. The molecule has 5 heteroatoms. The summed E-state index contributed by atoms with van der Waals surface area (Å²) in [5, 5.41) is 3.03. The van der Waals surface area contributed by atoms with Gasteiger partial charge in [-0.05, 0) is 18.9 Å². The topological polar surface area (TPSA) is 47.6 Å². The molecule has 1 heterocycles. The third-order valence-electron chi connectivity index (χ3n) is 3.45. The van der Waals surface area contributed by atoms with Gasteiger partial charge in [-0.3, -0.25) is 4.79 Å². The fraction of sp³-hybridized carbons (Fsp3) is 0.533. The lowest BCUT2D eigenvalue weighted by Crippen LogP contribution is -2.42. The number of carbonyl (C=O) groups excluding carboxylic acids is 1. The molecule has 0 bridgehead atoms. The zero-order chi connectivity index (χ0) is 14.4. The molecule has 1 aliphatic heterocycles. The molecule has 1 aromatic rings. The fourth-order valence-electron chi connectivity index (χ4n) is 2.45. The first-order chi connectivity index (χ1) is 9.76. The van der Waals surface area contributed by atoms with Gasteiger partial charge in [0.15, 0.2) is 0 Å². The Balaban J connectivity index is 2.06. The SMILES string of the molecule is COCC(CCCl)NC(=O)C1CCOc2ccccc21. The molecule has 0 saturated carbocycles. The molecule has 1 aliphatic rings. The van der Waals surface area contributed by atoms with E-state index in [-0.39, 0.29) is 17.9 Å². The molecule has 2 rings (SSSR count). The first-order valence-corrected chi connectivity index (χ1v) is 7.36. The number of para-hydroxylation sites is 1. The van der Waals surface area contributed by atoms with Gasteiger partial charge >= 0.3 is 0 Å². The van der Waals surface area contributed by atoms with E-state index < -0.39 is 0 Å². The van der Waals surface area contributed by atoms with E-state index in [0.717, 1.165) is 11.3 Å². The van der Waals surface area contributed by atoms with Crippen LogP contribution in [0.15, 0.2) is 24.3 Å². The summed E-state index contributed by atoms with van der Waals surface area (Å²) in [5.74, 6) is 1.17. The number of carbonyl (C=O) groups is 1. The van der Waals surface area contributed by atoms with E-state index in [2.05, 4.69) is 5.32 Å². The van der Waals surface area contributed by atoms with Gasteiger partial charge in [0.1, 0.15) is 5.75 Å². The molecule has 110 valence electrons. The number of ether oxygens (including phenoxy) is 2. The van der Waals surface area contributed by atoms with Gasteiger partial charge in [0.05, 0.1) is 25.2 Å². The highest BCUT2D eigenvalue weighted by Gasteiger charge is 2.28. The summed E-state index contributed by atoms with van der Waals surface area (Å²) in [7, 11) is 1.62. The van der Waals surface area contributed by atoms with E-state index in [9.17, 15) is 4.79 Å². The van der Waals surface area contributed by atoms with Crippen molar-refractivity contribution in [2.75, 3.05) is 26.2 Å². The Kier molecular flexibility index (Phi) is 5.68. The van der Waals surface area contributed by atoms with Crippen molar-refractivity contribution in [3.8, 4) is 5.75 Å². The average Bonchev–Trinajstić information content (AvgIpc) is 2.47. The van der Waals surface area contributed by atoms with Gasteiger partial charge < -0.3 is 14.8 Å². The zero-order valence-corrected chi connectivity index (χ0v) is 12.4. The molecule has 0 spiro atoms. The quantitative estimate of drug-likeness (QED) is 0.820. The Bertz CT molecular complexity index is 446. The molecule has 4 nitrogen and oxygen atoms in total. The van der Waals surface area contributed by atoms with Gasteiger partial charge in [0.25, 0.3) is 0 Å². The van der Waals surface area contributed by atoms with Gasteiger partial charge in [0.2, 0.25) is 5.91 Å². The summed E-state index contributed by atoms with van der Waals surface area (Å²) in [6.45, 7) is 1.04. The van der Waals surface area contributed by atoms with Gasteiger partial charge in [0, 0.05) is 18.6 Å². The Morgan fingerprint density at radius 1 is 1.55 bits per heavy atom. The molecule has 2 atom stereocenters. The lowest BCUT2D eigenvalue weighted by Gasteiger charge is -2.27. The monoisotopic (exact) mass is 297 g/mol. The summed E-state index contributed by atoms with van der Waals surface area (Å²) < 4.78 is 10.7. The number of fused-ring (bicyclic) bond motifs is 1. The summed E-state index contributed by atoms with van der Waals surface area (Å²) in [5.41, 5.74) is 0.957. The Morgan fingerprint density at radius 3 is 3.10 bits per heavy atom. The highest BCUT2D eigenvalue weighted by molar-refractivity contribution is 6.17. The van der Waals surface area contributed by atoms with Crippen molar-refractivity contribution in [1.29, 1.82) is 0 Å². The van der Waals surface area contributed by atoms with Gasteiger partial charge in [-0.1, -0.05) is 18.2 Å². The van der Waals surface area contributed by atoms with Crippen LogP contribution in [0.4, 0.5) is 0 Å². The van der Waals surface area contributed by atoms with E-state index >= 15 is 0 Å². The standard InChI is InChI=1S/C15H20ClNO3/c1-19-10-11(6-8-16)17-15(18)13-7-9-20-14-5-3-2-4-12(13)14/h2-5,11,13H,6-10H2,1H3,(H,17,18). The fourth-order valence-corrected chi connectivity index (χ4v) is 2.71. The molecule has 1 amide bonds. The first-order valence-electron chi connectivity index (χ1n) is 6.83. The second kappa shape index (κ2) is 7.50. The van der Waals surface area contributed by atoms with Crippen LogP contribution in [-0.4, -0.2) is 38.2 Å². The molecule has 0 radical (unpaired) electrons. The number of benzene rings is 1. The van der Waals surface area contributed by atoms with Crippen LogP contribution in [0, 0.1) is 0 Å². The maximum Gasteiger partial charge on any atom is 0.228 e. The molecule has 0 aromatic heterocycles. The van der Waals surface area contributed by atoms with Crippen LogP contribution in [0.1, 0.15) is 24.3 Å². The molecule has 0 aliphatic carbocycles. The number of hydrogen-bond donors (Lipinski definition) is 1. The van der Waals surface area contributed by atoms with Crippen molar-refractivity contribution < 1.29 is 14.3 Å². The normalized spacial score (nSPS) is 18.8. The maximum absolute atomic E-state index is 12.5. The van der Waals surface area contributed by atoms with Crippen LogP contribution >= 0.6 is 11.6 Å². The minimum atomic E-state index is -0.158. The second-order valence-corrected chi connectivity index (χ2v) is 5.24. The summed E-state index contributed by atoms with van der Waals surface area (Å²) in [4.78, 5) is 12.5. The molecule has 1 N–H and O–H groups in total. The predicted octanol–water partition coefficient (Wildman–Crippen LogP) is 2.31. The van der Waals surface area contributed by atoms with E-state index in [4.69, 9.17) is 21.1 Å². The Morgan fingerprint density at radius 2 is 2.35 bits per heavy atom. The van der Waals surface area contributed by atoms with E-state index in [0.29, 0.717) is 31.9 Å². The van der Waals surface area contributed by atoms with Crippen LogP contribution in [-0.2, 0) is 9.53 Å². The van der Waals surface area contributed by atoms with Crippen molar-refractivity contribution in [2.24, 2.45) is 0 Å². The molecule has 2 unspecified atom stereocenters. The lowest BCUT2D eigenvalue weighted by molar-refractivity contribution is -0.124. The number of hydrogen-bond acceptors (Lipinski definition) is 3. The number of alkyl halides is 1. The van der Waals surface area contributed by atoms with Crippen molar-refractivity contribution in [3.05, 3.63) is 29.8 Å². The number of nitrogens with one attached hydrogen (secondary N) is 1. The largest absolute Gasteiger partial charge is 0.493 e. The maximum atomic E-state index is 12.5. The second-order valence-electron chi connectivity index (χ2n) is 4.87. The summed E-state index contributed by atoms with van der Waals surface area (Å²) in [6.07, 6.45) is 1.40. The highest BCUT2D eigenvalue weighted by Crippen LogP contribution is 2.33. The Hall–Kier alpha value is -1.26. The molecule has 0 fully saturated rings. The van der Waals surface area contributed by atoms with E-state index in [1.807, 2.05) is 24.3 Å². The van der Waals surface area contributed by atoms with Crippen LogP contribution in [0.2, 0.25) is 0 Å². The molecule has 0 saturated heterocycles. The minimum Gasteiger partial charge on any atom is -0.493 e. The number of methoxy groups -OCH3 is 1. The number of halogens is 1. The molecular formula is C15H20ClNO3. The van der Waals surface area contributed by atoms with Crippen LogP contribution in [0.3, 0.4) is 0 Å². The third kappa shape index (κ3) is 3.64. The predicted molar refractivity (Wildman–Crippen MR) is 78.4 cm³/mol. The van der Waals surface area contributed by atoms with Crippen molar-refractivity contribution in [2.45, 2.75) is 24.8 Å². The van der Waals surface area contributed by atoms with Gasteiger partial charge in [-0.15, -0.1) is 11.6 Å². The smallest absolute Gasteiger partial charge is 0.228 e. The van der Waals surface area contributed by atoms with Crippen molar-refractivity contribution in [1.82, 2.24) is 5.32 Å². The van der Waals surface area contributed by atoms with Gasteiger partial charge in [-0.25, -0.2) is 0 Å². The van der Waals surface area contributed by atoms with Crippen LogP contribution < -0.4 is 10.1 Å². The van der Waals surface area contributed by atoms with Crippen molar-refractivity contribution >= 4 is 17.5 Å². The Labute approximate surface area is 124 Å². The molecular weight excluding hydrogens is 278 g/mol. The third-order valence-corrected chi connectivity index (χ3v) is 3.67. The first kappa shape index (κ1) is 15.1. The lowest BCUT2D eigenvalue weighted by atomic mass is 9.92.